The van der Waals surface area contributed by atoms with Crippen LogP contribution in [0.15, 0.2) is 132 Å². The average Bonchev–Trinajstić information content (AvgIpc) is 3.20. The number of benzene rings is 5. The van der Waals surface area contributed by atoms with E-state index in [9.17, 15) is 14.7 Å². The maximum atomic E-state index is 13.0. The third-order valence-electron chi connectivity index (χ3n) is 9.34. The molecule has 2 amide bonds. The van der Waals surface area contributed by atoms with Crippen molar-refractivity contribution in [3.8, 4) is 11.1 Å². The number of nitrogens with zero attached hydrogens (tertiary/aromatic N) is 2. The second-order valence-electron chi connectivity index (χ2n) is 13.0. The van der Waals surface area contributed by atoms with Gasteiger partial charge < -0.3 is 25.2 Å². The van der Waals surface area contributed by atoms with Crippen molar-refractivity contribution in [2.45, 2.75) is 50.4 Å². The number of ether oxygens (including phenoxy) is 2. The number of aliphatic hydroxyl groups is 1. The lowest BCUT2D eigenvalue weighted by atomic mass is 9.91. The van der Waals surface area contributed by atoms with E-state index in [1.54, 1.807) is 11.8 Å². The summed E-state index contributed by atoms with van der Waals surface area (Å²) in [5.41, 5.74) is 8.18. The van der Waals surface area contributed by atoms with Crippen LogP contribution in [0, 0.1) is 5.92 Å². The molecule has 6 aromatic rings. The third kappa shape index (κ3) is 8.64. The summed E-state index contributed by atoms with van der Waals surface area (Å²) in [6.45, 7) is 3.95. The lowest BCUT2D eigenvalue weighted by Gasteiger charge is -2.41. The Balaban J connectivity index is 1.07. The first-order chi connectivity index (χ1) is 25.8. The second kappa shape index (κ2) is 16.5. The molecule has 3 N–H and O–H groups in total. The molecule has 1 saturated heterocycles. The maximum Gasteiger partial charge on any atom is 0.271 e. The van der Waals surface area contributed by atoms with E-state index in [1.807, 2.05) is 109 Å². The van der Waals surface area contributed by atoms with Crippen LogP contribution < -0.4 is 10.6 Å². The summed E-state index contributed by atoms with van der Waals surface area (Å²) in [6, 6.07) is 39.4. The van der Waals surface area contributed by atoms with Crippen LogP contribution in [0.25, 0.3) is 22.2 Å². The standard InChI is InChI=1S/C43H40N4O5S/c1-27-40(26-53-35-21-19-34(20-22-35)46-28(2)49)51-43(52-41(27)31-13-11-29(25-48)12-14-31)32-17-15-30(16-18-32)36-8-4-3-7-33(36)23-45-42(50)39-24-44-37-9-5-6-10-38(37)47-39/h3-22,24,27,40-41,43,48H,23,25-26H2,1-2H3,(H,45,50)(H,46,49)/t27-,40+,41+,43+/m0/s1. The Hall–Kier alpha value is -5.39. The fraction of sp³-hybridized carbons (Fsp3) is 0.209. The highest BCUT2D eigenvalue weighted by atomic mass is 32.2. The van der Waals surface area contributed by atoms with Crippen molar-refractivity contribution in [2.24, 2.45) is 5.92 Å². The number of thioether (sulfide) groups is 1. The summed E-state index contributed by atoms with van der Waals surface area (Å²) >= 11 is 1.70. The monoisotopic (exact) mass is 724 g/mol. The van der Waals surface area contributed by atoms with Crippen molar-refractivity contribution in [1.82, 2.24) is 15.3 Å². The van der Waals surface area contributed by atoms with E-state index in [4.69, 9.17) is 9.47 Å². The summed E-state index contributed by atoms with van der Waals surface area (Å²) < 4.78 is 13.4. The van der Waals surface area contributed by atoms with Gasteiger partial charge in [-0.1, -0.05) is 91.9 Å². The van der Waals surface area contributed by atoms with Gasteiger partial charge in [0.15, 0.2) is 6.29 Å². The second-order valence-corrected chi connectivity index (χ2v) is 14.1. The number of rotatable bonds is 11. The lowest BCUT2D eigenvalue weighted by Crippen LogP contribution is -2.38. The van der Waals surface area contributed by atoms with Crippen molar-refractivity contribution in [3.63, 3.8) is 0 Å². The Bertz CT molecular complexity index is 2200. The number of aromatic nitrogens is 2. The molecule has 0 unspecified atom stereocenters. The van der Waals surface area contributed by atoms with Gasteiger partial charge in [-0.2, -0.15) is 0 Å². The zero-order chi connectivity index (χ0) is 36.7. The van der Waals surface area contributed by atoms with Gasteiger partial charge in [0.05, 0.1) is 36.0 Å². The lowest BCUT2D eigenvalue weighted by molar-refractivity contribution is -0.268. The molecule has 0 radical (unpaired) electrons. The highest BCUT2D eigenvalue weighted by Crippen LogP contribution is 2.43. The minimum atomic E-state index is -0.604. The smallest absolute Gasteiger partial charge is 0.271 e. The van der Waals surface area contributed by atoms with E-state index in [0.29, 0.717) is 17.8 Å². The molecule has 0 bridgehead atoms. The fourth-order valence-electron chi connectivity index (χ4n) is 6.43. The Morgan fingerprint density at radius 2 is 1.51 bits per heavy atom. The van der Waals surface area contributed by atoms with Crippen molar-refractivity contribution in [1.29, 1.82) is 0 Å². The number of hydrogen-bond donors (Lipinski definition) is 3. The van der Waals surface area contributed by atoms with Gasteiger partial charge in [0.25, 0.3) is 5.91 Å². The van der Waals surface area contributed by atoms with Crippen LogP contribution in [-0.2, 0) is 27.4 Å². The summed E-state index contributed by atoms with van der Waals surface area (Å²) in [6.07, 6.45) is 0.536. The van der Waals surface area contributed by atoms with E-state index in [-0.39, 0.29) is 42.2 Å². The molecule has 1 aromatic heterocycles. The molecular formula is C43H40N4O5S. The van der Waals surface area contributed by atoms with Crippen LogP contribution >= 0.6 is 11.8 Å². The molecule has 7 rings (SSSR count). The minimum Gasteiger partial charge on any atom is -0.392 e. The van der Waals surface area contributed by atoms with Crippen molar-refractivity contribution in [3.05, 3.63) is 155 Å². The molecule has 5 aromatic carbocycles. The van der Waals surface area contributed by atoms with Crippen LogP contribution in [-0.4, -0.2) is 38.7 Å². The van der Waals surface area contributed by atoms with Crippen molar-refractivity contribution >= 4 is 40.3 Å². The molecule has 0 spiro atoms. The van der Waals surface area contributed by atoms with Crippen LogP contribution in [0.4, 0.5) is 5.69 Å². The summed E-state index contributed by atoms with van der Waals surface area (Å²) in [5.74, 6) is 0.352. The number of carbonyl (C=O) groups excluding carboxylic acids is 2. The summed E-state index contributed by atoms with van der Waals surface area (Å²) in [7, 11) is 0. The van der Waals surface area contributed by atoms with Gasteiger partial charge in [0.1, 0.15) is 5.69 Å². The van der Waals surface area contributed by atoms with Gasteiger partial charge in [-0.05, 0) is 64.2 Å². The maximum absolute atomic E-state index is 13.0. The normalized spacial score (nSPS) is 18.4. The first-order valence-electron chi connectivity index (χ1n) is 17.5. The number of aliphatic hydroxyl groups excluding tert-OH is 1. The predicted octanol–water partition coefficient (Wildman–Crippen LogP) is 8.26. The van der Waals surface area contributed by atoms with Crippen LogP contribution in [0.5, 0.6) is 0 Å². The van der Waals surface area contributed by atoms with Crippen LogP contribution in [0.3, 0.4) is 0 Å². The van der Waals surface area contributed by atoms with Crippen LogP contribution in [0.2, 0.25) is 0 Å². The van der Waals surface area contributed by atoms with Gasteiger partial charge in [-0.15, -0.1) is 11.8 Å². The number of nitrogens with one attached hydrogen (secondary N) is 2. The molecule has 0 saturated carbocycles. The third-order valence-corrected chi connectivity index (χ3v) is 10.4. The zero-order valence-electron chi connectivity index (χ0n) is 29.4. The molecule has 1 aliphatic rings. The van der Waals surface area contributed by atoms with Crippen molar-refractivity contribution in [2.75, 3.05) is 11.1 Å². The van der Waals surface area contributed by atoms with E-state index < -0.39 is 6.29 Å². The first-order valence-corrected chi connectivity index (χ1v) is 18.5. The summed E-state index contributed by atoms with van der Waals surface area (Å²) in [5, 5.41) is 15.4. The molecule has 9 nitrogen and oxygen atoms in total. The highest BCUT2D eigenvalue weighted by Gasteiger charge is 2.38. The topological polar surface area (TPSA) is 123 Å². The molecule has 53 heavy (non-hydrogen) atoms. The number of carbonyl (C=O) groups is 2. The number of amides is 2. The van der Waals surface area contributed by atoms with Gasteiger partial charge in [-0.25, -0.2) is 4.98 Å². The summed E-state index contributed by atoms with van der Waals surface area (Å²) in [4.78, 5) is 34.4. The largest absolute Gasteiger partial charge is 0.392 e. The molecule has 1 fully saturated rings. The SMILES string of the molecule is CC(=O)Nc1ccc(SC[C@H]2O[C@@H](c3ccc(-c4ccccc4CNC(=O)c4cnc5ccccc5n4)cc3)O[C@@H](c3ccc(CO)cc3)[C@H]2C)cc1. The highest BCUT2D eigenvalue weighted by molar-refractivity contribution is 7.99. The van der Waals surface area contributed by atoms with E-state index in [0.717, 1.165) is 49.5 Å². The van der Waals surface area contributed by atoms with E-state index >= 15 is 0 Å². The number of fused-ring (bicyclic) bond motifs is 1. The minimum absolute atomic E-state index is 0.0198. The van der Waals surface area contributed by atoms with E-state index in [2.05, 4.69) is 39.7 Å². The Labute approximate surface area is 312 Å². The molecule has 0 aliphatic carbocycles. The number of hydrogen-bond acceptors (Lipinski definition) is 8. The molecule has 268 valence electrons. The number of para-hydroxylation sites is 2. The van der Waals surface area contributed by atoms with Crippen LogP contribution in [0.1, 0.15) is 59.0 Å². The fourth-order valence-corrected chi connectivity index (χ4v) is 7.50. The van der Waals surface area contributed by atoms with Gasteiger partial charge in [-0.3, -0.25) is 14.6 Å². The predicted molar refractivity (Wildman–Crippen MR) is 207 cm³/mol. The zero-order valence-corrected chi connectivity index (χ0v) is 30.3. The average molecular weight is 725 g/mol. The Kier molecular flexibility index (Phi) is 11.2. The Morgan fingerprint density at radius 3 is 2.25 bits per heavy atom. The molecule has 1 aliphatic heterocycles. The van der Waals surface area contributed by atoms with Gasteiger partial charge in [0.2, 0.25) is 5.91 Å². The Morgan fingerprint density at radius 1 is 0.811 bits per heavy atom. The van der Waals surface area contributed by atoms with Crippen molar-refractivity contribution < 1.29 is 24.2 Å². The quantitative estimate of drug-likeness (QED) is 0.114. The molecule has 2 heterocycles. The number of anilines is 1. The van der Waals surface area contributed by atoms with Gasteiger partial charge >= 0.3 is 0 Å². The molecule has 10 heteroatoms. The van der Waals surface area contributed by atoms with Gasteiger partial charge in [0, 0.05) is 41.3 Å². The first kappa shape index (κ1) is 36.0. The van der Waals surface area contributed by atoms with E-state index in [1.165, 1.54) is 13.1 Å². The molecular weight excluding hydrogens is 685 g/mol. The molecule has 4 atom stereocenters.